The van der Waals surface area contributed by atoms with Gasteiger partial charge in [0.05, 0.1) is 18.4 Å². The van der Waals surface area contributed by atoms with Gasteiger partial charge in [0, 0.05) is 5.69 Å². The Labute approximate surface area is 151 Å². The first kappa shape index (κ1) is 17.7. The summed E-state index contributed by atoms with van der Waals surface area (Å²) < 4.78 is 4.85. The van der Waals surface area contributed by atoms with Crippen molar-refractivity contribution < 1.29 is 14.3 Å². The summed E-state index contributed by atoms with van der Waals surface area (Å²) in [4.78, 5) is 24.7. The molecule has 1 aromatic heterocycles. The van der Waals surface area contributed by atoms with Gasteiger partial charge in [0.15, 0.2) is 5.69 Å². The van der Waals surface area contributed by atoms with Crippen molar-refractivity contribution in [2.75, 3.05) is 12.4 Å². The normalized spacial score (nSPS) is 10.9. The Balaban J connectivity index is 1.92. The number of anilines is 1. The minimum absolute atomic E-state index is 0.282. The van der Waals surface area contributed by atoms with E-state index >= 15 is 0 Å². The quantitative estimate of drug-likeness (QED) is 0.685. The summed E-state index contributed by atoms with van der Waals surface area (Å²) in [5.74, 6) is -0.428. The molecular weight excluding hydrogens is 330 g/mol. The Kier molecular flexibility index (Phi) is 5.02. The van der Waals surface area contributed by atoms with Gasteiger partial charge in [0.2, 0.25) is 0 Å². The molecule has 0 aliphatic carbocycles. The Morgan fingerprint density at radius 3 is 2.50 bits per heavy atom. The van der Waals surface area contributed by atoms with Gasteiger partial charge < -0.3 is 10.1 Å². The van der Waals surface area contributed by atoms with Crippen molar-refractivity contribution in [3.05, 3.63) is 59.4 Å². The molecule has 6 nitrogen and oxygen atoms in total. The molecule has 26 heavy (non-hydrogen) atoms. The molecule has 0 spiro atoms. The maximum Gasteiger partial charge on any atom is 0.339 e. The number of H-pyrrole nitrogens is 1. The predicted octanol–water partition coefficient (Wildman–Crippen LogP) is 3.80. The lowest BCUT2D eigenvalue weighted by Gasteiger charge is -2.11. The lowest BCUT2D eigenvalue weighted by Crippen LogP contribution is -2.16. The highest BCUT2D eigenvalue weighted by Gasteiger charge is 2.18. The smallest absolute Gasteiger partial charge is 0.339 e. The van der Waals surface area contributed by atoms with E-state index in [-0.39, 0.29) is 11.6 Å². The van der Waals surface area contributed by atoms with Crippen LogP contribution in [0.2, 0.25) is 0 Å². The van der Waals surface area contributed by atoms with E-state index in [4.69, 9.17) is 4.74 Å². The summed E-state index contributed by atoms with van der Waals surface area (Å²) >= 11 is 0. The molecule has 0 aliphatic rings. The maximum atomic E-state index is 12.6. The molecule has 0 saturated heterocycles. The van der Waals surface area contributed by atoms with Gasteiger partial charge in [0.1, 0.15) is 0 Å². The minimum Gasteiger partial charge on any atom is -0.465 e. The second-order valence-corrected chi connectivity index (χ2v) is 6.57. The Hall–Kier alpha value is -3.15. The number of carbonyl (C=O) groups excluding carboxylic acids is 2. The molecule has 0 radical (unpaired) electrons. The zero-order valence-corrected chi connectivity index (χ0v) is 15.0. The number of aromatic nitrogens is 2. The number of nitrogens with zero attached hydrogens (tertiary/aromatic N) is 1. The Morgan fingerprint density at radius 1 is 1.15 bits per heavy atom. The molecule has 0 fully saturated rings. The van der Waals surface area contributed by atoms with Crippen molar-refractivity contribution in [3.63, 3.8) is 0 Å². The van der Waals surface area contributed by atoms with Crippen molar-refractivity contribution in [2.45, 2.75) is 20.3 Å². The number of benzene rings is 2. The van der Waals surface area contributed by atoms with E-state index in [0.29, 0.717) is 17.2 Å². The fraction of sp³-hybridized carbons (Fsp3) is 0.250. The summed E-state index contributed by atoms with van der Waals surface area (Å²) in [6.45, 7) is 4.19. The molecule has 0 atom stereocenters. The number of ether oxygens (including phenoxy) is 1. The number of carbonyl (C=O) groups is 2. The van der Waals surface area contributed by atoms with Crippen LogP contribution in [0.3, 0.4) is 0 Å². The van der Waals surface area contributed by atoms with Crippen molar-refractivity contribution >= 4 is 28.3 Å². The topological polar surface area (TPSA) is 84.1 Å². The molecule has 2 aromatic carbocycles. The zero-order valence-electron chi connectivity index (χ0n) is 15.0. The monoisotopic (exact) mass is 351 g/mol. The fourth-order valence-electron chi connectivity index (χ4n) is 2.83. The van der Waals surface area contributed by atoms with Crippen LogP contribution in [0.15, 0.2) is 42.5 Å². The van der Waals surface area contributed by atoms with E-state index < -0.39 is 5.97 Å². The number of hydrogen-bond donors (Lipinski definition) is 2. The molecule has 1 amide bonds. The first-order chi connectivity index (χ1) is 12.5. The molecule has 6 heteroatoms. The van der Waals surface area contributed by atoms with Crippen LogP contribution < -0.4 is 5.32 Å². The van der Waals surface area contributed by atoms with Crippen LogP contribution in [0, 0.1) is 5.92 Å². The van der Waals surface area contributed by atoms with Crippen LogP contribution in [0.4, 0.5) is 5.69 Å². The lowest BCUT2D eigenvalue weighted by molar-refractivity contribution is 0.0602. The molecule has 0 bridgehead atoms. The van der Waals surface area contributed by atoms with Crippen LogP contribution in [0.25, 0.3) is 10.8 Å². The average molecular weight is 351 g/mol. The van der Waals surface area contributed by atoms with Crippen LogP contribution in [0.1, 0.15) is 40.4 Å². The van der Waals surface area contributed by atoms with Crippen LogP contribution >= 0.6 is 0 Å². The number of methoxy groups -OCH3 is 1. The third-order valence-corrected chi connectivity index (χ3v) is 4.03. The second-order valence-electron chi connectivity index (χ2n) is 6.57. The number of nitrogens with one attached hydrogen (secondary N) is 2. The number of amides is 1. The molecule has 3 aromatic rings. The van der Waals surface area contributed by atoms with Gasteiger partial charge in [-0.2, -0.15) is 5.10 Å². The van der Waals surface area contributed by atoms with Gasteiger partial charge >= 0.3 is 5.97 Å². The molecule has 134 valence electrons. The summed E-state index contributed by atoms with van der Waals surface area (Å²) in [6.07, 6.45) is 0.809. The van der Waals surface area contributed by atoms with Gasteiger partial charge in [-0.05, 0) is 41.3 Å². The van der Waals surface area contributed by atoms with Crippen molar-refractivity contribution in [2.24, 2.45) is 5.92 Å². The highest BCUT2D eigenvalue weighted by molar-refractivity contribution is 6.09. The number of esters is 1. The van der Waals surface area contributed by atoms with Crippen LogP contribution in [-0.4, -0.2) is 29.2 Å². The molecule has 0 unspecified atom stereocenters. The molecule has 3 rings (SSSR count). The standard InChI is InChI=1S/C20H21N3O3/c1-12(2)8-15-11-18(23-22-15)19(24)21-17-10-14-7-5-4-6-13(14)9-16(17)20(25)26-3/h4-7,9-12H,8H2,1-3H3,(H,21,24)(H,22,23). The van der Waals surface area contributed by atoms with Gasteiger partial charge in [-0.15, -0.1) is 0 Å². The van der Waals surface area contributed by atoms with Crippen LogP contribution in [-0.2, 0) is 11.2 Å². The highest BCUT2D eigenvalue weighted by atomic mass is 16.5. The van der Waals surface area contributed by atoms with E-state index in [1.807, 2.05) is 24.3 Å². The Morgan fingerprint density at radius 2 is 1.85 bits per heavy atom. The third-order valence-electron chi connectivity index (χ3n) is 4.03. The summed E-state index contributed by atoms with van der Waals surface area (Å²) in [7, 11) is 1.31. The summed E-state index contributed by atoms with van der Waals surface area (Å²) in [5, 5.41) is 11.5. The molecule has 0 saturated carbocycles. The maximum absolute atomic E-state index is 12.6. The first-order valence-corrected chi connectivity index (χ1v) is 8.44. The number of hydrogen-bond acceptors (Lipinski definition) is 4. The van der Waals surface area contributed by atoms with E-state index in [0.717, 1.165) is 22.9 Å². The van der Waals surface area contributed by atoms with Gasteiger partial charge in [-0.1, -0.05) is 38.1 Å². The van der Waals surface area contributed by atoms with E-state index in [2.05, 4.69) is 29.4 Å². The Bertz CT molecular complexity index is 960. The molecule has 2 N–H and O–H groups in total. The van der Waals surface area contributed by atoms with Gasteiger partial charge in [0.25, 0.3) is 5.91 Å². The lowest BCUT2D eigenvalue weighted by atomic mass is 10.0. The van der Waals surface area contributed by atoms with E-state index in [9.17, 15) is 9.59 Å². The third kappa shape index (κ3) is 3.74. The second kappa shape index (κ2) is 7.39. The fourth-order valence-corrected chi connectivity index (χ4v) is 2.83. The minimum atomic E-state index is -0.506. The molecule has 0 aliphatic heterocycles. The average Bonchev–Trinajstić information content (AvgIpc) is 3.08. The van der Waals surface area contributed by atoms with Crippen molar-refractivity contribution in [1.82, 2.24) is 10.2 Å². The number of fused-ring (bicyclic) bond motifs is 1. The first-order valence-electron chi connectivity index (χ1n) is 8.44. The van der Waals surface area contributed by atoms with E-state index in [1.165, 1.54) is 7.11 Å². The summed E-state index contributed by atoms with van der Waals surface area (Å²) in [6, 6.07) is 12.8. The number of rotatable bonds is 5. The summed E-state index contributed by atoms with van der Waals surface area (Å²) in [5.41, 5.74) is 1.88. The van der Waals surface area contributed by atoms with Crippen molar-refractivity contribution in [1.29, 1.82) is 0 Å². The van der Waals surface area contributed by atoms with Crippen molar-refractivity contribution in [3.8, 4) is 0 Å². The van der Waals surface area contributed by atoms with Crippen LogP contribution in [0.5, 0.6) is 0 Å². The SMILES string of the molecule is COC(=O)c1cc2ccccc2cc1NC(=O)c1cc(CC(C)C)[nH]n1. The molecule has 1 heterocycles. The number of aromatic amines is 1. The zero-order chi connectivity index (χ0) is 18.7. The van der Waals surface area contributed by atoms with Gasteiger partial charge in [-0.3, -0.25) is 9.89 Å². The van der Waals surface area contributed by atoms with Gasteiger partial charge in [-0.25, -0.2) is 4.79 Å². The molecular formula is C20H21N3O3. The van der Waals surface area contributed by atoms with E-state index in [1.54, 1.807) is 18.2 Å². The highest BCUT2D eigenvalue weighted by Crippen LogP contribution is 2.25. The predicted molar refractivity (Wildman–Crippen MR) is 100 cm³/mol. The largest absolute Gasteiger partial charge is 0.465 e.